The average Bonchev–Trinajstić information content (AvgIpc) is 3.25. The Morgan fingerprint density at radius 3 is 2.86 bits per heavy atom. The zero-order chi connectivity index (χ0) is 14.1. The van der Waals surface area contributed by atoms with Crippen LogP contribution in [-0.2, 0) is 0 Å². The largest absolute Gasteiger partial charge is 0.228 e. The van der Waals surface area contributed by atoms with Crippen molar-refractivity contribution >= 4 is 28.3 Å². The first-order valence-electron chi connectivity index (χ1n) is 6.35. The van der Waals surface area contributed by atoms with Crippen molar-refractivity contribution in [2.75, 3.05) is 0 Å². The van der Waals surface area contributed by atoms with Gasteiger partial charge in [0.1, 0.15) is 0 Å². The van der Waals surface area contributed by atoms with Gasteiger partial charge in [-0.15, -0.1) is 22.7 Å². The SMILES string of the molecule is C(#Cc1ccc(-c2ccn3nccc3n2)s1)c1cccs1. The number of hydrogen-bond donors (Lipinski definition) is 0. The van der Waals surface area contributed by atoms with Crippen LogP contribution in [0.25, 0.3) is 16.2 Å². The summed E-state index contributed by atoms with van der Waals surface area (Å²) in [4.78, 5) is 7.85. The highest BCUT2D eigenvalue weighted by atomic mass is 32.1. The van der Waals surface area contributed by atoms with Gasteiger partial charge in [-0.3, -0.25) is 0 Å². The van der Waals surface area contributed by atoms with Crippen LogP contribution in [0.2, 0.25) is 0 Å². The van der Waals surface area contributed by atoms with Gasteiger partial charge in [-0.25, -0.2) is 9.50 Å². The van der Waals surface area contributed by atoms with E-state index in [1.807, 2.05) is 41.9 Å². The lowest BCUT2D eigenvalue weighted by Gasteiger charge is -1.97. The fourth-order valence-corrected chi connectivity index (χ4v) is 3.37. The molecule has 100 valence electrons. The van der Waals surface area contributed by atoms with Crippen LogP contribution in [-0.4, -0.2) is 14.6 Å². The standard InChI is InChI=1S/C16H9N3S2/c1-2-12(20-11-1)3-4-13-5-6-15(21-13)14-8-10-19-16(18-14)7-9-17-19/h1-2,5-11H. The molecule has 4 aromatic rings. The van der Waals surface area contributed by atoms with Gasteiger partial charge in [-0.2, -0.15) is 5.10 Å². The second-order valence-electron chi connectivity index (χ2n) is 4.34. The van der Waals surface area contributed by atoms with Crippen molar-refractivity contribution < 1.29 is 0 Å². The van der Waals surface area contributed by atoms with E-state index >= 15 is 0 Å². The molecule has 0 fully saturated rings. The van der Waals surface area contributed by atoms with Crippen LogP contribution in [0.1, 0.15) is 9.75 Å². The predicted octanol–water partition coefficient (Wildman–Crippen LogP) is 3.92. The summed E-state index contributed by atoms with van der Waals surface area (Å²) >= 11 is 3.31. The van der Waals surface area contributed by atoms with E-state index in [1.165, 1.54) is 0 Å². The van der Waals surface area contributed by atoms with E-state index in [1.54, 1.807) is 33.4 Å². The van der Waals surface area contributed by atoms with Crippen molar-refractivity contribution in [2.24, 2.45) is 0 Å². The van der Waals surface area contributed by atoms with Gasteiger partial charge in [-0.1, -0.05) is 6.07 Å². The van der Waals surface area contributed by atoms with Gasteiger partial charge in [0.05, 0.1) is 26.5 Å². The fourth-order valence-electron chi connectivity index (χ4n) is 1.97. The maximum atomic E-state index is 4.59. The summed E-state index contributed by atoms with van der Waals surface area (Å²) in [7, 11) is 0. The number of hydrogen-bond acceptors (Lipinski definition) is 4. The first-order chi connectivity index (χ1) is 10.4. The maximum absolute atomic E-state index is 4.59. The molecule has 0 saturated heterocycles. The molecule has 5 heteroatoms. The summed E-state index contributed by atoms with van der Waals surface area (Å²) in [5, 5.41) is 6.19. The summed E-state index contributed by atoms with van der Waals surface area (Å²) in [6.07, 6.45) is 3.67. The molecule has 0 atom stereocenters. The molecule has 0 radical (unpaired) electrons. The fraction of sp³-hybridized carbons (Fsp3) is 0. The number of fused-ring (bicyclic) bond motifs is 1. The summed E-state index contributed by atoms with van der Waals surface area (Å²) in [6.45, 7) is 0. The van der Waals surface area contributed by atoms with E-state index in [0.29, 0.717) is 0 Å². The van der Waals surface area contributed by atoms with Crippen LogP contribution in [0.3, 0.4) is 0 Å². The molecule has 0 N–H and O–H groups in total. The van der Waals surface area contributed by atoms with E-state index in [0.717, 1.165) is 26.0 Å². The molecule has 0 amide bonds. The number of nitrogens with zero attached hydrogens (tertiary/aromatic N) is 3. The van der Waals surface area contributed by atoms with Crippen LogP contribution in [0.15, 0.2) is 54.2 Å². The molecule has 0 aliphatic carbocycles. The minimum absolute atomic E-state index is 0.854. The Morgan fingerprint density at radius 1 is 1.00 bits per heavy atom. The zero-order valence-electron chi connectivity index (χ0n) is 10.9. The normalized spacial score (nSPS) is 10.5. The van der Waals surface area contributed by atoms with E-state index in [4.69, 9.17) is 0 Å². The van der Waals surface area contributed by atoms with Crippen molar-refractivity contribution in [3.63, 3.8) is 0 Å². The van der Waals surface area contributed by atoms with E-state index < -0.39 is 0 Å². The molecule has 3 nitrogen and oxygen atoms in total. The zero-order valence-corrected chi connectivity index (χ0v) is 12.5. The predicted molar refractivity (Wildman–Crippen MR) is 86.6 cm³/mol. The summed E-state index contributed by atoms with van der Waals surface area (Å²) < 4.78 is 1.76. The Morgan fingerprint density at radius 2 is 1.95 bits per heavy atom. The van der Waals surface area contributed by atoms with Crippen LogP contribution in [0, 0.1) is 11.8 Å². The smallest absolute Gasteiger partial charge is 0.155 e. The molecule has 0 aliphatic rings. The molecular formula is C16H9N3S2. The highest BCUT2D eigenvalue weighted by molar-refractivity contribution is 7.16. The van der Waals surface area contributed by atoms with Gasteiger partial charge < -0.3 is 0 Å². The molecule has 4 heterocycles. The van der Waals surface area contributed by atoms with Crippen molar-refractivity contribution in [3.8, 4) is 22.4 Å². The molecule has 4 rings (SSSR count). The summed E-state index contributed by atoms with van der Waals surface area (Å²) in [6, 6.07) is 12.0. The van der Waals surface area contributed by atoms with Crippen molar-refractivity contribution in [2.45, 2.75) is 0 Å². The molecule has 4 aromatic heterocycles. The third-order valence-electron chi connectivity index (χ3n) is 2.95. The molecular weight excluding hydrogens is 298 g/mol. The van der Waals surface area contributed by atoms with Gasteiger partial charge in [0.15, 0.2) is 5.65 Å². The molecule has 0 spiro atoms. The number of thiophene rings is 2. The number of rotatable bonds is 1. The Balaban J connectivity index is 1.67. The third-order valence-corrected chi connectivity index (χ3v) is 4.76. The Labute approximate surface area is 129 Å². The monoisotopic (exact) mass is 307 g/mol. The topological polar surface area (TPSA) is 30.2 Å². The van der Waals surface area contributed by atoms with E-state index in [-0.39, 0.29) is 0 Å². The van der Waals surface area contributed by atoms with E-state index in [9.17, 15) is 0 Å². The van der Waals surface area contributed by atoms with Crippen molar-refractivity contribution in [1.29, 1.82) is 0 Å². The minimum Gasteiger partial charge on any atom is -0.228 e. The summed E-state index contributed by atoms with van der Waals surface area (Å²) in [5.41, 5.74) is 1.81. The Hall–Kier alpha value is -2.42. The van der Waals surface area contributed by atoms with Gasteiger partial charge in [0.2, 0.25) is 0 Å². The molecule has 21 heavy (non-hydrogen) atoms. The van der Waals surface area contributed by atoms with Crippen LogP contribution < -0.4 is 0 Å². The average molecular weight is 307 g/mol. The van der Waals surface area contributed by atoms with E-state index in [2.05, 4.69) is 28.0 Å². The summed E-state index contributed by atoms with van der Waals surface area (Å²) in [5.74, 6) is 6.38. The first-order valence-corrected chi connectivity index (χ1v) is 8.04. The molecule has 0 bridgehead atoms. The highest BCUT2D eigenvalue weighted by Gasteiger charge is 2.04. The molecule has 0 saturated carbocycles. The molecule has 0 aromatic carbocycles. The quantitative estimate of drug-likeness (QED) is 0.499. The second kappa shape index (κ2) is 5.17. The lowest BCUT2D eigenvalue weighted by Crippen LogP contribution is -1.89. The lowest BCUT2D eigenvalue weighted by atomic mass is 10.3. The van der Waals surface area contributed by atoms with Gasteiger partial charge in [0, 0.05) is 12.3 Å². The van der Waals surface area contributed by atoms with Crippen LogP contribution in [0.4, 0.5) is 0 Å². The van der Waals surface area contributed by atoms with Gasteiger partial charge in [0.25, 0.3) is 0 Å². The molecule has 0 aliphatic heterocycles. The second-order valence-corrected chi connectivity index (χ2v) is 6.37. The highest BCUT2D eigenvalue weighted by Crippen LogP contribution is 2.26. The van der Waals surface area contributed by atoms with Gasteiger partial charge >= 0.3 is 0 Å². The van der Waals surface area contributed by atoms with Crippen LogP contribution in [0.5, 0.6) is 0 Å². The minimum atomic E-state index is 0.854. The van der Waals surface area contributed by atoms with Crippen molar-refractivity contribution in [1.82, 2.24) is 14.6 Å². The van der Waals surface area contributed by atoms with Crippen LogP contribution >= 0.6 is 22.7 Å². The third kappa shape index (κ3) is 2.47. The first kappa shape index (κ1) is 12.3. The Bertz CT molecular complexity index is 952. The molecule has 0 unspecified atom stereocenters. The maximum Gasteiger partial charge on any atom is 0.155 e. The number of aromatic nitrogens is 3. The van der Waals surface area contributed by atoms with Crippen molar-refractivity contribution in [3.05, 3.63) is 63.9 Å². The lowest BCUT2D eigenvalue weighted by molar-refractivity contribution is 0.941. The van der Waals surface area contributed by atoms with Gasteiger partial charge in [-0.05, 0) is 41.5 Å². The Kier molecular flexibility index (Phi) is 3.03.